The second kappa shape index (κ2) is 12.1. The number of primary amides is 1. The van der Waals surface area contributed by atoms with Crippen molar-refractivity contribution in [2.45, 2.75) is 31.4 Å². The van der Waals surface area contributed by atoms with E-state index in [1.165, 1.54) is 0 Å². The van der Waals surface area contributed by atoms with Crippen molar-refractivity contribution in [1.82, 2.24) is 10.3 Å². The zero-order valence-electron chi connectivity index (χ0n) is 21.6. The van der Waals surface area contributed by atoms with Crippen molar-refractivity contribution >= 4 is 57.6 Å². The number of carbonyl (C=O) groups is 2. The molecular weight excluding hydrogens is 593 g/mol. The van der Waals surface area contributed by atoms with E-state index in [1.807, 2.05) is 30.3 Å². The smallest absolute Gasteiger partial charge is 0.333 e. The SMILES string of the molecule is Clc1cc2c(cc1Cc1cc3cc(OCc4c(Cl)cccc4Cl)ccc3[nH]1)OCO2.NC(=O)[C@]1(C(=O)O)CCCN1. The van der Waals surface area contributed by atoms with Gasteiger partial charge in [-0.2, -0.15) is 0 Å². The number of aromatic amines is 1. The van der Waals surface area contributed by atoms with Gasteiger partial charge in [-0.05, 0) is 67.4 Å². The summed E-state index contributed by atoms with van der Waals surface area (Å²) in [6, 6.07) is 17.1. The number of nitrogens with two attached hydrogens (primary N) is 1. The molecule has 1 aromatic heterocycles. The second-order valence-electron chi connectivity index (χ2n) is 9.61. The van der Waals surface area contributed by atoms with Crippen LogP contribution in [-0.4, -0.2) is 40.8 Å². The summed E-state index contributed by atoms with van der Waals surface area (Å²) < 4.78 is 16.8. The first-order chi connectivity index (χ1) is 19.7. The van der Waals surface area contributed by atoms with Gasteiger partial charge in [0.2, 0.25) is 12.7 Å². The van der Waals surface area contributed by atoms with Crippen LogP contribution in [0.4, 0.5) is 0 Å². The Labute approximate surface area is 250 Å². The summed E-state index contributed by atoms with van der Waals surface area (Å²) in [7, 11) is 0. The molecule has 0 aliphatic carbocycles. The van der Waals surface area contributed by atoms with Crippen LogP contribution in [0.5, 0.6) is 17.2 Å². The number of carbonyl (C=O) groups excluding carboxylic acids is 1. The zero-order valence-corrected chi connectivity index (χ0v) is 23.9. The highest BCUT2D eigenvalue weighted by Crippen LogP contribution is 2.38. The van der Waals surface area contributed by atoms with E-state index in [0.717, 1.165) is 39.2 Å². The van der Waals surface area contributed by atoms with Crippen LogP contribution in [0, 0.1) is 0 Å². The Bertz CT molecular complexity index is 1580. The highest BCUT2D eigenvalue weighted by molar-refractivity contribution is 6.36. The molecule has 0 bridgehead atoms. The predicted molar refractivity (Wildman–Crippen MR) is 156 cm³/mol. The van der Waals surface area contributed by atoms with Crippen LogP contribution in [-0.2, 0) is 22.6 Å². The number of benzene rings is 3. The van der Waals surface area contributed by atoms with Crippen molar-refractivity contribution in [2.75, 3.05) is 13.3 Å². The summed E-state index contributed by atoms with van der Waals surface area (Å²) >= 11 is 18.9. The topological polar surface area (TPSA) is 136 Å². The van der Waals surface area contributed by atoms with Crippen LogP contribution in [0.3, 0.4) is 0 Å². The number of halogens is 3. The van der Waals surface area contributed by atoms with Gasteiger partial charge in [0.25, 0.3) is 0 Å². The van der Waals surface area contributed by atoms with Crippen LogP contribution in [0.15, 0.2) is 54.6 Å². The molecule has 3 heterocycles. The molecule has 2 aliphatic heterocycles. The van der Waals surface area contributed by atoms with Gasteiger partial charge in [0, 0.05) is 49.7 Å². The largest absolute Gasteiger partial charge is 0.489 e. The molecule has 0 radical (unpaired) electrons. The molecule has 4 aromatic rings. The first kappa shape index (κ1) is 28.9. The lowest BCUT2D eigenvalue weighted by Gasteiger charge is -2.19. The molecule has 1 saturated heterocycles. The monoisotopic (exact) mass is 617 g/mol. The number of hydrogen-bond acceptors (Lipinski definition) is 6. The molecule has 5 N–H and O–H groups in total. The van der Waals surface area contributed by atoms with Gasteiger partial charge in [-0.3, -0.25) is 10.1 Å². The minimum absolute atomic E-state index is 0.226. The molecule has 1 amide bonds. The molecule has 214 valence electrons. The van der Waals surface area contributed by atoms with E-state index >= 15 is 0 Å². The molecule has 12 heteroatoms. The average Bonchev–Trinajstić information content (AvgIpc) is 3.69. The minimum atomic E-state index is -1.50. The van der Waals surface area contributed by atoms with E-state index < -0.39 is 17.4 Å². The van der Waals surface area contributed by atoms with Gasteiger partial charge in [0.05, 0.1) is 0 Å². The minimum Gasteiger partial charge on any atom is -0.489 e. The molecular formula is C29H26Cl3N3O6. The summed E-state index contributed by atoms with van der Waals surface area (Å²) in [4.78, 5) is 24.8. The molecule has 9 nitrogen and oxygen atoms in total. The van der Waals surface area contributed by atoms with Gasteiger partial charge in [-0.15, -0.1) is 0 Å². The van der Waals surface area contributed by atoms with Crippen molar-refractivity contribution in [3.8, 4) is 17.2 Å². The maximum Gasteiger partial charge on any atom is 0.333 e. The number of carboxylic acid groups (broad SMARTS) is 1. The third-order valence-electron chi connectivity index (χ3n) is 6.96. The Hall–Kier alpha value is -3.63. The van der Waals surface area contributed by atoms with Gasteiger partial charge in [-0.1, -0.05) is 40.9 Å². The number of aliphatic carboxylic acids is 1. The standard InChI is InChI=1S/C23H16Cl3NO3.C6H10N2O3/c24-18-2-1-3-19(25)17(18)11-28-16-4-5-21-14(8-16)7-15(27-21)6-13-9-22-23(10-20(13)26)30-12-29-22;7-4(9)6(5(10)11)2-1-3-8-6/h1-5,7-10,27H,6,11-12H2;8H,1-3H2,(H2,7,9)(H,10,11)/t;6-/m.0/s1. The van der Waals surface area contributed by atoms with Crippen LogP contribution in [0.1, 0.15) is 29.7 Å². The van der Waals surface area contributed by atoms with Gasteiger partial charge >= 0.3 is 5.97 Å². The Morgan fingerprint density at radius 3 is 2.37 bits per heavy atom. The zero-order chi connectivity index (χ0) is 29.1. The number of carboxylic acids is 1. The number of ether oxygens (including phenoxy) is 3. The first-order valence-corrected chi connectivity index (χ1v) is 13.8. The van der Waals surface area contributed by atoms with Crippen molar-refractivity contribution in [3.63, 3.8) is 0 Å². The van der Waals surface area contributed by atoms with Gasteiger partial charge < -0.3 is 30.0 Å². The molecule has 1 fully saturated rings. The highest BCUT2D eigenvalue weighted by atomic mass is 35.5. The van der Waals surface area contributed by atoms with Crippen LogP contribution in [0.25, 0.3) is 10.9 Å². The average molecular weight is 619 g/mol. The van der Waals surface area contributed by atoms with E-state index in [2.05, 4.69) is 16.4 Å². The van der Waals surface area contributed by atoms with Crippen molar-refractivity contribution < 1.29 is 28.9 Å². The summed E-state index contributed by atoms with van der Waals surface area (Å²) in [6.07, 6.45) is 1.61. The van der Waals surface area contributed by atoms with Gasteiger partial charge in [-0.25, -0.2) is 4.79 Å². The van der Waals surface area contributed by atoms with E-state index in [-0.39, 0.29) is 13.2 Å². The molecule has 0 spiro atoms. The summed E-state index contributed by atoms with van der Waals surface area (Å²) in [6.45, 7) is 1.06. The molecule has 1 atom stereocenters. The number of aromatic nitrogens is 1. The molecule has 41 heavy (non-hydrogen) atoms. The number of rotatable bonds is 7. The summed E-state index contributed by atoms with van der Waals surface area (Å²) in [5.74, 6) is 0.162. The fourth-order valence-corrected chi connectivity index (χ4v) is 5.45. The Morgan fingerprint density at radius 1 is 1.00 bits per heavy atom. The third kappa shape index (κ3) is 6.18. The van der Waals surface area contributed by atoms with Crippen molar-refractivity contribution in [2.24, 2.45) is 5.73 Å². The van der Waals surface area contributed by atoms with Crippen LogP contribution >= 0.6 is 34.8 Å². The fraction of sp³-hybridized carbons (Fsp3) is 0.241. The molecule has 3 aromatic carbocycles. The molecule has 0 saturated carbocycles. The van der Waals surface area contributed by atoms with Crippen molar-refractivity contribution in [3.05, 3.63) is 86.5 Å². The number of amides is 1. The van der Waals surface area contributed by atoms with E-state index in [0.29, 0.717) is 46.8 Å². The van der Waals surface area contributed by atoms with Gasteiger partial charge in [0.15, 0.2) is 17.0 Å². The lowest BCUT2D eigenvalue weighted by molar-refractivity contribution is -0.149. The number of hydrogen-bond donors (Lipinski definition) is 4. The van der Waals surface area contributed by atoms with Crippen molar-refractivity contribution in [1.29, 1.82) is 0 Å². The first-order valence-electron chi connectivity index (χ1n) is 12.7. The maximum absolute atomic E-state index is 10.7. The van der Waals surface area contributed by atoms with Crippen LogP contribution in [0.2, 0.25) is 15.1 Å². The lowest BCUT2D eigenvalue weighted by atomic mass is 9.97. The number of fused-ring (bicyclic) bond motifs is 2. The fourth-order valence-electron chi connectivity index (χ4n) is 4.72. The molecule has 2 aliphatic rings. The van der Waals surface area contributed by atoms with Gasteiger partial charge in [0.1, 0.15) is 12.4 Å². The predicted octanol–water partition coefficient (Wildman–Crippen LogP) is 5.71. The Morgan fingerprint density at radius 2 is 1.73 bits per heavy atom. The third-order valence-corrected chi connectivity index (χ3v) is 8.02. The van der Waals surface area contributed by atoms with E-state index in [9.17, 15) is 9.59 Å². The van der Waals surface area contributed by atoms with Crippen LogP contribution < -0.4 is 25.3 Å². The summed E-state index contributed by atoms with van der Waals surface area (Å²) in [5, 5.41) is 14.1. The summed E-state index contributed by atoms with van der Waals surface area (Å²) in [5.41, 5.74) is 7.25. The number of H-pyrrole nitrogens is 1. The molecule has 0 unspecified atom stereocenters. The molecule has 6 rings (SSSR count). The van der Waals surface area contributed by atoms with E-state index in [1.54, 1.807) is 18.2 Å². The second-order valence-corrected chi connectivity index (χ2v) is 10.8. The highest BCUT2D eigenvalue weighted by Gasteiger charge is 2.46. The lowest BCUT2D eigenvalue weighted by Crippen LogP contribution is -2.57. The van der Waals surface area contributed by atoms with E-state index in [4.69, 9.17) is 59.9 Å². The Balaban J connectivity index is 0.000000259. The number of nitrogens with one attached hydrogen (secondary N) is 2. The quantitative estimate of drug-likeness (QED) is 0.195. The maximum atomic E-state index is 10.7. The Kier molecular flexibility index (Phi) is 8.51. The normalized spacial score (nSPS) is 17.2.